The number of alkyl halides is 4. The van der Waals surface area contributed by atoms with Crippen LogP contribution in [0.5, 0.6) is 0 Å². The molecule has 170 valence electrons. The summed E-state index contributed by atoms with van der Waals surface area (Å²) in [5.74, 6) is -0.688. The third-order valence-electron chi connectivity index (χ3n) is 5.41. The van der Waals surface area contributed by atoms with Gasteiger partial charge in [0.15, 0.2) is 9.84 Å². The Morgan fingerprint density at radius 1 is 1.10 bits per heavy atom. The van der Waals surface area contributed by atoms with Gasteiger partial charge in [0, 0.05) is 18.3 Å². The highest BCUT2D eigenvalue weighted by Crippen LogP contribution is 2.43. The maximum atomic E-state index is 12.9. The van der Waals surface area contributed by atoms with E-state index in [1.807, 2.05) is 0 Å². The topological polar surface area (TPSA) is 92.3 Å². The van der Waals surface area contributed by atoms with Crippen LogP contribution in [0.15, 0.2) is 0 Å². The van der Waals surface area contributed by atoms with E-state index in [9.17, 15) is 30.0 Å². The first kappa shape index (κ1) is 24.2. The Balaban J connectivity index is 1.59. The quantitative estimate of drug-likeness (QED) is 0.524. The van der Waals surface area contributed by atoms with E-state index >= 15 is 0 Å². The monoisotopic (exact) mass is 516 g/mol. The van der Waals surface area contributed by atoms with Crippen molar-refractivity contribution in [3.63, 3.8) is 0 Å². The zero-order chi connectivity index (χ0) is 21.4. The first-order valence-electron chi connectivity index (χ1n) is 9.33. The van der Waals surface area contributed by atoms with Crippen LogP contribution in [0.25, 0.3) is 0 Å². The Bertz CT molecular complexity index is 790. The fraction of sp³-hybridized carbons (Fsp3) is 1.00. The number of nitrogens with one attached hydrogen (secondary N) is 2. The summed E-state index contributed by atoms with van der Waals surface area (Å²) in [5.41, 5.74) is 0. The van der Waals surface area contributed by atoms with Crippen LogP contribution in [-0.2, 0) is 19.9 Å². The third-order valence-corrected chi connectivity index (χ3v) is 14.4. The van der Waals surface area contributed by atoms with Crippen LogP contribution >= 0.6 is 35.1 Å². The van der Waals surface area contributed by atoms with Crippen molar-refractivity contribution in [3.8, 4) is 0 Å². The highest BCUT2D eigenvalue weighted by molar-refractivity contribution is 8.20. The van der Waals surface area contributed by atoms with Gasteiger partial charge in [-0.2, -0.15) is 24.9 Å². The number of thioether (sulfide) groups is 2. The highest BCUT2D eigenvalue weighted by Gasteiger charge is 2.51. The van der Waals surface area contributed by atoms with Gasteiger partial charge in [-0.25, -0.2) is 21.6 Å². The molecule has 29 heavy (non-hydrogen) atoms. The highest BCUT2D eigenvalue weighted by atomic mass is 35.5. The van der Waals surface area contributed by atoms with Gasteiger partial charge >= 0.3 is 6.18 Å². The molecule has 0 aromatic rings. The van der Waals surface area contributed by atoms with Crippen LogP contribution in [0.3, 0.4) is 0 Å². The molecule has 3 aliphatic heterocycles. The maximum absolute atomic E-state index is 12.9. The van der Waals surface area contributed by atoms with Crippen molar-refractivity contribution >= 4 is 55.0 Å². The number of hydrogen-bond acceptors (Lipinski definition) is 7. The molecule has 0 radical (unpaired) electrons. The van der Waals surface area contributed by atoms with Crippen LogP contribution in [0.4, 0.5) is 13.2 Å². The molecule has 3 rings (SSSR count). The van der Waals surface area contributed by atoms with Crippen LogP contribution < -0.4 is 10.0 Å². The summed E-state index contributed by atoms with van der Waals surface area (Å²) in [4.78, 5) is 0. The lowest BCUT2D eigenvalue weighted by Crippen LogP contribution is -2.55. The molecule has 6 nitrogen and oxygen atoms in total. The summed E-state index contributed by atoms with van der Waals surface area (Å²) in [6.45, 7) is -0.190. The summed E-state index contributed by atoms with van der Waals surface area (Å²) in [6, 6.07) is 0. The smallest absolute Gasteiger partial charge is 0.299 e. The first-order chi connectivity index (χ1) is 13.4. The molecule has 3 heterocycles. The van der Waals surface area contributed by atoms with Gasteiger partial charge in [0.1, 0.15) is 14.5 Å². The van der Waals surface area contributed by atoms with Gasteiger partial charge in [-0.1, -0.05) is 0 Å². The van der Waals surface area contributed by atoms with Gasteiger partial charge in [0.25, 0.3) is 0 Å². The fourth-order valence-electron chi connectivity index (χ4n) is 3.75. The van der Waals surface area contributed by atoms with E-state index in [-0.39, 0.29) is 18.1 Å². The van der Waals surface area contributed by atoms with Crippen LogP contribution in [-0.4, -0.2) is 67.0 Å². The second-order valence-electron chi connectivity index (χ2n) is 7.51. The molecule has 0 aliphatic carbocycles. The van der Waals surface area contributed by atoms with Crippen molar-refractivity contribution in [2.75, 3.05) is 18.8 Å². The number of piperidine rings is 1. The average molecular weight is 517 g/mol. The molecule has 0 bridgehead atoms. The van der Waals surface area contributed by atoms with Gasteiger partial charge in [-0.15, -0.1) is 23.4 Å². The Hall–Kier alpha value is 0.600. The molecule has 0 aromatic carbocycles. The number of hydrogen-bond donors (Lipinski definition) is 2. The lowest BCUT2D eigenvalue weighted by atomic mass is 9.99. The van der Waals surface area contributed by atoms with Gasteiger partial charge in [-0.05, 0) is 37.9 Å². The molecule has 2 N–H and O–H groups in total. The Morgan fingerprint density at radius 3 is 2.38 bits per heavy atom. The van der Waals surface area contributed by atoms with E-state index in [0.717, 1.165) is 30.4 Å². The number of halogens is 4. The Kier molecular flexibility index (Phi) is 7.71. The summed E-state index contributed by atoms with van der Waals surface area (Å²) < 4.78 is 90.3. The minimum absolute atomic E-state index is 0.126. The molecule has 3 fully saturated rings. The lowest BCUT2D eigenvalue weighted by molar-refractivity contribution is -0.178. The van der Waals surface area contributed by atoms with Gasteiger partial charge in [-0.3, -0.25) is 5.32 Å². The standard InChI is InChI=1S/C15H24ClF3N2O4S4/c16-11-6-9(15(17,18)19)7-20-14(11)28(22,23)12-3-4-13(27-12)29(24,25)21-8-10-2-1-5-26-10/h9-14,20-21H,1-8H2. The molecule has 3 saturated heterocycles. The molecule has 14 heteroatoms. The molecule has 3 aliphatic rings. The van der Waals surface area contributed by atoms with Crippen molar-refractivity contribution in [2.45, 2.75) is 63.4 Å². The number of sulfone groups is 1. The van der Waals surface area contributed by atoms with E-state index in [1.165, 1.54) is 0 Å². The zero-order valence-corrected chi connectivity index (χ0v) is 19.4. The largest absolute Gasteiger partial charge is 0.393 e. The van der Waals surface area contributed by atoms with E-state index in [2.05, 4.69) is 10.0 Å². The second kappa shape index (κ2) is 9.22. The van der Waals surface area contributed by atoms with Crippen molar-refractivity contribution in [1.29, 1.82) is 0 Å². The number of sulfonamides is 1. The Morgan fingerprint density at radius 2 is 1.79 bits per heavy atom. The van der Waals surface area contributed by atoms with Gasteiger partial charge < -0.3 is 0 Å². The summed E-state index contributed by atoms with van der Waals surface area (Å²) in [7, 11) is -7.63. The molecule has 0 saturated carbocycles. The van der Waals surface area contributed by atoms with Crippen LogP contribution in [0.1, 0.15) is 32.1 Å². The summed E-state index contributed by atoms with van der Waals surface area (Å²) in [6.07, 6.45) is -2.63. The van der Waals surface area contributed by atoms with Crippen molar-refractivity contribution in [3.05, 3.63) is 0 Å². The fourth-order valence-corrected chi connectivity index (χ4v) is 12.2. The molecular formula is C15H24ClF3N2O4S4. The minimum Gasteiger partial charge on any atom is -0.299 e. The van der Waals surface area contributed by atoms with E-state index in [4.69, 9.17) is 11.6 Å². The lowest BCUT2D eigenvalue weighted by Gasteiger charge is -2.35. The van der Waals surface area contributed by atoms with E-state index < -0.39 is 64.8 Å². The zero-order valence-electron chi connectivity index (χ0n) is 15.4. The second-order valence-corrected chi connectivity index (χ2v) is 15.7. The molecule has 6 atom stereocenters. The normalized spacial score (nSPS) is 37.1. The number of rotatable bonds is 6. The molecular weight excluding hydrogens is 493 g/mol. The van der Waals surface area contributed by atoms with Crippen molar-refractivity contribution in [2.24, 2.45) is 5.92 Å². The van der Waals surface area contributed by atoms with Gasteiger partial charge in [0.2, 0.25) is 10.0 Å². The third kappa shape index (κ3) is 5.70. The molecule has 0 aromatic heterocycles. The predicted octanol–water partition coefficient (Wildman–Crippen LogP) is 2.50. The van der Waals surface area contributed by atoms with Crippen molar-refractivity contribution in [1.82, 2.24) is 10.0 Å². The Labute approximate surface area is 182 Å². The van der Waals surface area contributed by atoms with Gasteiger partial charge in [0.05, 0.1) is 11.3 Å². The average Bonchev–Trinajstić information content (AvgIpc) is 3.31. The van der Waals surface area contributed by atoms with E-state index in [1.54, 1.807) is 11.8 Å². The molecule has 0 amide bonds. The summed E-state index contributed by atoms with van der Waals surface area (Å²) >= 11 is 8.57. The minimum atomic E-state index is -4.45. The van der Waals surface area contributed by atoms with Crippen LogP contribution in [0, 0.1) is 5.92 Å². The van der Waals surface area contributed by atoms with E-state index in [0.29, 0.717) is 6.54 Å². The molecule has 6 unspecified atom stereocenters. The summed E-state index contributed by atoms with van der Waals surface area (Å²) in [5, 5.41) is 0.131. The molecule has 0 spiro atoms. The van der Waals surface area contributed by atoms with Crippen LogP contribution in [0.2, 0.25) is 0 Å². The predicted molar refractivity (Wildman–Crippen MR) is 111 cm³/mol. The SMILES string of the molecule is O=S(=O)(NCC1CCCS1)C1CCC(S(=O)(=O)C2NCC(C(F)(F)F)CC2Cl)S1. The maximum Gasteiger partial charge on any atom is 0.393 e. The van der Waals surface area contributed by atoms with Crippen molar-refractivity contribution < 1.29 is 30.0 Å². The first-order valence-corrected chi connectivity index (χ1v) is 14.9.